The molecule has 1 amide bonds. The Morgan fingerprint density at radius 3 is 2.27 bits per heavy atom. The molecular weight excluding hydrogens is 270 g/mol. The van der Waals surface area contributed by atoms with E-state index in [-0.39, 0.29) is 11.4 Å². The van der Waals surface area contributed by atoms with E-state index in [2.05, 4.69) is 17.4 Å². The van der Waals surface area contributed by atoms with Crippen LogP contribution >= 0.6 is 0 Å². The number of amides is 1. The molecule has 1 N–H and O–H groups in total. The van der Waals surface area contributed by atoms with Crippen molar-refractivity contribution in [1.82, 2.24) is 5.32 Å². The molecule has 1 aliphatic carbocycles. The van der Waals surface area contributed by atoms with Crippen LogP contribution in [-0.4, -0.2) is 5.91 Å². The minimum Gasteiger partial charge on any atom is -0.343 e. The van der Waals surface area contributed by atoms with Gasteiger partial charge in [-0.3, -0.25) is 4.79 Å². The third-order valence-electron chi connectivity index (χ3n) is 4.46. The van der Waals surface area contributed by atoms with E-state index in [1.54, 1.807) is 0 Å². The van der Waals surface area contributed by atoms with Crippen LogP contribution in [0.4, 0.5) is 0 Å². The van der Waals surface area contributed by atoms with Crippen molar-refractivity contribution in [3.05, 3.63) is 83.9 Å². The molecule has 0 spiro atoms. The van der Waals surface area contributed by atoms with Gasteiger partial charge in [-0.2, -0.15) is 0 Å². The maximum Gasteiger partial charge on any atom is 0.252 e. The molecule has 22 heavy (non-hydrogen) atoms. The summed E-state index contributed by atoms with van der Waals surface area (Å²) >= 11 is 0. The van der Waals surface area contributed by atoms with Gasteiger partial charge in [-0.15, -0.1) is 0 Å². The van der Waals surface area contributed by atoms with E-state index < -0.39 is 0 Å². The van der Waals surface area contributed by atoms with Gasteiger partial charge in [0.05, 0.1) is 5.54 Å². The highest BCUT2D eigenvalue weighted by atomic mass is 16.1. The van der Waals surface area contributed by atoms with Gasteiger partial charge in [-0.05, 0) is 35.2 Å². The van der Waals surface area contributed by atoms with Crippen LogP contribution in [0.5, 0.6) is 0 Å². The lowest BCUT2D eigenvalue weighted by Gasteiger charge is -2.18. The van der Waals surface area contributed by atoms with E-state index in [0.717, 1.165) is 29.2 Å². The number of carbonyl (C=O) groups is 1. The van der Waals surface area contributed by atoms with E-state index in [0.29, 0.717) is 0 Å². The Hall–Kier alpha value is -2.61. The smallest absolute Gasteiger partial charge is 0.252 e. The fraction of sp³-hybridized carbons (Fsp3) is 0.150. The summed E-state index contributed by atoms with van der Waals surface area (Å²) in [6.45, 7) is 0. The molecular formula is C20H17NO. The lowest BCUT2D eigenvalue weighted by Crippen LogP contribution is -2.34. The Kier molecular flexibility index (Phi) is 2.97. The topological polar surface area (TPSA) is 29.1 Å². The molecule has 1 fully saturated rings. The minimum atomic E-state index is -0.171. The number of carbonyl (C=O) groups excluding carboxylic acids is 1. The van der Waals surface area contributed by atoms with E-state index >= 15 is 0 Å². The lowest BCUT2D eigenvalue weighted by molar-refractivity contribution is 0.0932. The number of rotatable bonds is 3. The van der Waals surface area contributed by atoms with Gasteiger partial charge < -0.3 is 5.32 Å². The van der Waals surface area contributed by atoms with Crippen molar-refractivity contribution >= 4 is 16.7 Å². The molecule has 0 saturated heterocycles. The first-order valence-corrected chi connectivity index (χ1v) is 7.64. The van der Waals surface area contributed by atoms with Crippen LogP contribution < -0.4 is 5.32 Å². The highest BCUT2D eigenvalue weighted by Gasteiger charge is 2.45. The molecule has 0 heterocycles. The van der Waals surface area contributed by atoms with Gasteiger partial charge in [-0.1, -0.05) is 66.7 Å². The second-order valence-corrected chi connectivity index (χ2v) is 5.93. The van der Waals surface area contributed by atoms with Crippen molar-refractivity contribution in [2.24, 2.45) is 0 Å². The zero-order valence-electron chi connectivity index (χ0n) is 12.3. The Balaban J connectivity index is 1.68. The Labute approximate surface area is 129 Å². The van der Waals surface area contributed by atoms with Gasteiger partial charge in [0.1, 0.15) is 0 Å². The predicted molar refractivity (Wildman–Crippen MR) is 88.8 cm³/mol. The van der Waals surface area contributed by atoms with Gasteiger partial charge in [0, 0.05) is 5.56 Å². The molecule has 0 bridgehead atoms. The van der Waals surface area contributed by atoms with Crippen molar-refractivity contribution in [2.45, 2.75) is 18.4 Å². The third kappa shape index (κ3) is 2.17. The molecule has 2 nitrogen and oxygen atoms in total. The molecule has 0 unspecified atom stereocenters. The van der Waals surface area contributed by atoms with Crippen molar-refractivity contribution in [2.75, 3.05) is 0 Å². The normalized spacial score (nSPS) is 15.5. The molecule has 3 aromatic rings. The van der Waals surface area contributed by atoms with Gasteiger partial charge in [0.25, 0.3) is 5.91 Å². The standard InChI is InChI=1S/C20H17NO/c22-19(18-12-6-8-15-7-4-5-11-17(15)18)21-20(13-14-20)16-9-2-1-3-10-16/h1-12H,13-14H2,(H,21,22). The predicted octanol–water partition coefficient (Wildman–Crippen LogP) is 4.26. The van der Waals surface area contributed by atoms with Crippen molar-refractivity contribution in [1.29, 1.82) is 0 Å². The van der Waals surface area contributed by atoms with E-state index in [1.807, 2.05) is 60.7 Å². The summed E-state index contributed by atoms with van der Waals surface area (Å²) in [7, 11) is 0. The first-order valence-electron chi connectivity index (χ1n) is 7.64. The number of hydrogen-bond donors (Lipinski definition) is 1. The summed E-state index contributed by atoms with van der Waals surface area (Å²) in [4.78, 5) is 12.8. The fourth-order valence-electron chi connectivity index (χ4n) is 3.08. The first-order chi connectivity index (χ1) is 10.8. The van der Waals surface area contributed by atoms with Crippen LogP contribution in [0.25, 0.3) is 10.8 Å². The molecule has 0 aromatic heterocycles. The van der Waals surface area contributed by atoms with E-state index in [1.165, 1.54) is 5.56 Å². The summed E-state index contributed by atoms with van der Waals surface area (Å²) in [6.07, 6.45) is 2.01. The zero-order valence-corrected chi connectivity index (χ0v) is 12.3. The number of benzene rings is 3. The highest BCUT2D eigenvalue weighted by Crippen LogP contribution is 2.45. The number of nitrogens with one attached hydrogen (secondary N) is 1. The van der Waals surface area contributed by atoms with Gasteiger partial charge in [-0.25, -0.2) is 0 Å². The summed E-state index contributed by atoms with van der Waals surface area (Å²) in [5, 5.41) is 5.36. The summed E-state index contributed by atoms with van der Waals surface area (Å²) < 4.78 is 0. The summed E-state index contributed by atoms with van der Waals surface area (Å²) in [6, 6.07) is 24.1. The quantitative estimate of drug-likeness (QED) is 0.766. The molecule has 3 aromatic carbocycles. The molecule has 0 aliphatic heterocycles. The zero-order chi connectivity index (χ0) is 15.0. The molecule has 108 valence electrons. The van der Waals surface area contributed by atoms with Crippen LogP contribution in [0.2, 0.25) is 0 Å². The number of hydrogen-bond acceptors (Lipinski definition) is 1. The highest BCUT2D eigenvalue weighted by molar-refractivity contribution is 6.07. The van der Waals surface area contributed by atoms with E-state index in [4.69, 9.17) is 0 Å². The van der Waals surface area contributed by atoms with Crippen molar-refractivity contribution in [3.63, 3.8) is 0 Å². The Bertz CT molecular complexity index is 829. The largest absolute Gasteiger partial charge is 0.343 e. The Morgan fingerprint density at radius 1 is 0.818 bits per heavy atom. The number of fused-ring (bicyclic) bond motifs is 1. The molecule has 2 heteroatoms. The average molecular weight is 287 g/mol. The fourth-order valence-corrected chi connectivity index (χ4v) is 3.08. The van der Waals surface area contributed by atoms with Gasteiger partial charge in [0.15, 0.2) is 0 Å². The Morgan fingerprint density at radius 2 is 1.50 bits per heavy atom. The van der Waals surface area contributed by atoms with Crippen LogP contribution in [0, 0.1) is 0 Å². The van der Waals surface area contributed by atoms with Gasteiger partial charge in [0.2, 0.25) is 0 Å². The maximum absolute atomic E-state index is 12.8. The van der Waals surface area contributed by atoms with Crippen LogP contribution in [0.3, 0.4) is 0 Å². The maximum atomic E-state index is 12.8. The van der Waals surface area contributed by atoms with Gasteiger partial charge >= 0.3 is 0 Å². The SMILES string of the molecule is O=C(NC1(c2ccccc2)CC1)c1cccc2ccccc12. The van der Waals surface area contributed by atoms with Crippen molar-refractivity contribution < 1.29 is 4.79 Å². The molecule has 0 atom stereocenters. The van der Waals surface area contributed by atoms with E-state index in [9.17, 15) is 4.79 Å². The average Bonchev–Trinajstić information content (AvgIpc) is 3.36. The van der Waals surface area contributed by atoms with Crippen molar-refractivity contribution in [3.8, 4) is 0 Å². The second-order valence-electron chi connectivity index (χ2n) is 5.93. The molecule has 1 aliphatic rings. The molecule has 1 saturated carbocycles. The summed E-state index contributed by atoms with van der Waals surface area (Å²) in [5.74, 6) is 0.0122. The summed E-state index contributed by atoms with van der Waals surface area (Å²) in [5.41, 5.74) is 1.78. The van der Waals surface area contributed by atoms with Crippen LogP contribution in [0.15, 0.2) is 72.8 Å². The van der Waals surface area contributed by atoms with Crippen LogP contribution in [0.1, 0.15) is 28.8 Å². The third-order valence-corrected chi connectivity index (χ3v) is 4.46. The minimum absolute atomic E-state index is 0.0122. The first kappa shape index (κ1) is 13.1. The molecule has 4 rings (SSSR count). The second kappa shape index (κ2) is 4.99. The monoisotopic (exact) mass is 287 g/mol. The lowest BCUT2D eigenvalue weighted by atomic mass is 10.0. The van der Waals surface area contributed by atoms with Crippen LogP contribution in [-0.2, 0) is 5.54 Å². The molecule has 0 radical (unpaired) electrons.